The van der Waals surface area contributed by atoms with Crippen LogP contribution in [0.5, 0.6) is 11.5 Å². The minimum atomic E-state index is -0.675. The lowest BCUT2D eigenvalue weighted by Gasteiger charge is -2.09. The van der Waals surface area contributed by atoms with Crippen molar-refractivity contribution in [2.45, 2.75) is 0 Å². The van der Waals surface area contributed by atoms with Gasteiger partial charge in [-0.25, -0.2) is 0 Å². The zero-order chi connectivity index (χ0) is 17.7. The summed E-state index contributed by atoms with van der Waals surface area (Å²) < 4.78 is 10.5. The van der Waals surface area contributed by atoms with Crippen molar-refractivity contribution in [3.63, 3.8) is 0 Å². The summed E-state index contributed by atoms with van der Waals surface area (Å²) in [7, 11) is 3.00. The van der Waals surface area contributed by atoms with E-state index in [1.54, 1.807) is 24.3 Å². The average molecular weight is 330 g/mol. The second-order valence-electron chi connectivity index (χ2n) is 4.67. The second-order valence-corrected chi connectivity index (χ2v) is 4.67. The first-order valence-electron chi connectivity index (χ1n) is 6.79. The topological polar surface area (TPSA) is 105 Å². The first kappa shape index (κ1) is 16.9. The van der Waals surface area contributed by atoms with E-state index >= 15 is 0 Å². The lowest BCUT2D eigenvalue weighted by molar-refractivity contribution is -0.394. The predicted octanol–water partition coefficient (Wildman–Crippen LogP) is 3.69. The molecule has 124 valence electrons. The number of hydrogen-bond donors (Lipinski definition) is 0. The molecule has 0 aromatic heterocycles. The van der Waals surface area contributed by atoms with Crippen LogP contribution in [0.25, 0.3) is 12.2 Å². The number of ether oxygens (including phenoxy) is 2. The Bertz CT molecular complexity index is 816. The predicted molar refractivity (Wildman–Crippen MR) is 88.2 cm³/mol. The standard InChI is InChI=1S/C16H14N2O6/c1-23-15-5-3-4-12(16(15)24-2)7-6-11-8-9-13(17(19)20)10-14(11)18(21)22/h3-10H,1-2H3. The molecule has 0 amide bonds. The molecule has 0 saturated carbocycles. The van der Waals surface area contributed by atoms with Crippen LogP contribution in [0.2, 0.25) is 0 Å². The molecule has 0 heterocycles. The highest BCUT2D eigenvalue weighted by Crippen LogP contribution is 2.33. The Morgan fingerprint density at radius 3 is 2.21 bits per heavy atom. The minimum absolute atomic E-state index is 0.246. The van der Waals surface area contributed by atoms with Gasteiger partial charge in [-0.3, -0.25) is 20.2 Å². The highest BCUT2D eigenvalue weighted by Gasteiger charge is 2.18. The van der Waals surface area contributed by atoms with Crippen LogP contribution in [0.1, 0.15) is 11.1 Å². The Morgan fingerprint density at radius 2 is 1.62 bits per heavy atom. The third-order valence-corrected chi connectivity index (χ3v) is 3.30. The first-order valence-corrected chi connectivity index (χ1v) is 6.79. The molecule has 0 radical (unpaired) electrons. The fourth-order valence-corrected chi connectivity index (χ4v) is 2.17. The summed E-state index contributed by atoms with van der Waals surface area (Å²) in [6.45, 7) is 0. The molecule has 8 nitrogen and oxygen atoms in total. The number of nitrogens with zero attached hydrogens (tertiary/aromatic N) is 2. The van der Waals surface area contributed by atoms with Gasteiger partial charge in [0.25, 0.3) is 11.4 Å². The molecule has 8 heteroatoms. The molecule has 0 N–H and O–H groups in total. The summed E-state index contributed by atoms with van der Waals surface area (Å²) in [5.41, 5.74) is 0.222. The fraction of sp³-hybridized carbons (Fsp3) is 0.125. The van der Waals surface area contributed by atoms with Crippen LogP contribution in [-0.4, -0.2) is 24.1 Å². The van der Waals surface area contributed by atoms with Gasteiger partial charge >= 0.3 is 0 Å². The van der Waals surface area contributed by atoms with Crippen LogP contribution in [0.15, 0.2) is 36.4 Å². The van der Waals surface area contributed by atoms with E-state index in [1.807, 2.05) is 0 Å². The number of non-ortho nitro benzene ring substituents is 1. The molecule has 0 saturated heterocycles. The molecular weight excluding hydrogens is 316 g/mol. The second kappa shape index (κ2) is 7.23. The highest BCUT2D eigenvalue weighted by atomic mass is 16.6. The summed E-state index contributed by atoms with van der Waals surface area (Å²) in [5.74, 6) is 1.01. The molecule has 0 aliphatic carbocycles. The van der Waals surface area contributed by atoms with Crippen molar-refractivity contribution in [1.82, 2.24) is 0 Å². The highest BCUT2D eigenvalue weighted by molar-refractivity contribution is 5.78. The Kier molecular flexibility index (Phi) is 5.10. The first-order chi connectivity index (χ1) is 11.5. The van der Waals surface area contributed by atoms with E-state index < -0.39 is 9.85 Å². The molecule has 0 unspecified atom stereocenters. The molecule has 0 spiro atoms. The SMILES string of the molecule is COc1cccc(C=Cc2ccc([N+](=O)[O-])cc2[N+](=O)[O-])c1OC. The van der Waals surface area contributed by atoms with Crippen LogP contribution in [0.4, 0.5) is 11.4 Å². The van der Waals surface area contributed by atoms with Crippen molar-refractivity contribution in [1.29, 1.82) is 0 Å². The molecular formula is C16H14N2O6. The third-order valence-electron chi connectivity index (χ3n) is 3.30. The Balaban J connectivity index is 2.46. The molecule has 2 rings (SSSR count). The van der Waals surface area contributed by atoms with E-state index in [-0.39, 0.29) is 16.9 Å². The monoisotopic (exact) mass is 330 g/mol. The van der Waals surface area contributed by atoms with Crippen LogP contribution in [-0.2, 0) is 0 Å². The van der Waals surface area contributed by atoms with Crippen molar-refractivity contribution in [3.05, 3.63) is 67.8 Å². The van der Waals surface area contributed by atoms with Crippen LogP contribution < -0.4 is 9.47 Å². The normalized spacial score (nSPS) is 10.6. The van der Waals surface area contributed by atoms with Gasteiger partial charge in [0.15, 0.2) is 11.5 Å². The van der Waals surface area contributed by atoms with E-state index in [2.05, 4.69) is 0 Å². The van der Waals surface area contributed by atoms with Gasteiger partial charge in [0.1, 0.15) is 0 Å². The number of nitro groups is 2. The van der Waals surface area contributed by atoms with Crippen molar-refractivity contribution in [2.75, 3.05) is 14.2 Å². The van der Waals surface area contributed by atoms with Gasteiger partial charge in [0.2, 0.25) is 0 Å². The molecule has 2 aromatic carbocycles. The van der Waals surface area contributed by atoms with Crippen molar-refractivity contribution < 1.29 is 19.3 Å². The van der Waals surface area contributed by atoms with Crippen LogP contribution in [0, 0.1) is 20.2 Å². The molecule has 0 aliphatic heterocycles. The van der Waals surface area contributed by atoms with Gasteiger partial charge in [-0.2, -0.15) is 0 Å². The number of para-hydroxylation sites is 1. The molecule has 0 atom stereocenters. The largest absolute Gasteiger partial charge is 0.493 e. The Labute approximate surface area is 137 Å². The summed E-state index contributed by atoms with van der Waals surface area (Å²) in [6, 6.07) is 8.72. The molecule has 2 aromatic rings. The number of hydrogen-bond acceptors (Lipinski definition) is 6. The average Bonchev–Trinajstić information content (AvgIpc) is 2.58. The quantitative estimate of drug-likeness (QED) is 0.454. The summed E-state index contributed by atoms with van der Waals surface area (Å²) in [4.78, 5) is 20.6. The molecule has 24 heavy (non-hydrogen) atoms. The molecule has 0 aliphatic rings. The number of benzene rings is 2. The maximum absolute atomic E-state index is 11.1. The summed E-state index contributed by atoms with van der Waals surface area (Å²) >= 11 is 0. The van der Waals surface area contributed by atoms with E-state index in [1.165, 1.54) is 32.4 Å². The smallest absolute Gasteiger partial charge is 0.283 e. The number of nitro benzene ring substituents is 2. The summed E-state index contributed by atoms with van der Waals surface area (Å²) in [6.07, 6.45) is 3.12. The van der Waals surface area contributed by atoms with Crippen molar-refractivity contribution in [2.24, 2.45) is 0 Å². The Morgan fingerprint density at radius 1 is 0.917 bits per heavy atom. The molecule has 0 fully saturated rings. The van der Waals surface area contributed by atoms with Crippen molar-refractivity contribution in [3.8, 4) is 11.5 Å². The minimum Gasteiger partial charge on any atom is -0.493 e. The van der Waals surface area contributed by atoms with Gasteiger partial charge in [-0.05, 0) is 18.2 Å². The van der Waals surface area contributed by atoms with Gasteiger partial charge in [0.05, 0.1) is 35.7 Å². The fourth-order valence-electron chi connectivity index (χ4n) is 2.17. The summed E-state index contributed by atoms with van der Waals surface area (Å²) in [5, 5.41) is 21.9. The number of rotatable bonds is 6. The van der Waals surface area contributed by atoms with Gasteiger partial charge in [0, 0.05) is 11.6 Å². The van der Waals surface area contributed by atoms with E-state index in [9.17, 15) is 20.2 Å². The lowest BCUT2D eigenvalue weighted by atomic mass is 10.1. The Hall–Kier alpha value is -3.42. The van der Waals surface area contributed by atoms with Crippen LogP contribution >= 0.6 is 0 Å². The van der Waals surface area contributed by atoms with E-state index in [0.717, 1.165) is 6.07 Å². The van der Waals surface area contributed by atoms with Gasteiger partial charge in [-0.15, -0.1) is 0 Å². The van der Waals surface area contributed by atoms with Crippen LogP contribution in [0.3, 0.4) is 0 Å². The van der Waals surface area contributed by atoms with E-state index in [4.69, 9.17) is 9.47 Å². The van der Waals surface area contributed by atoms with Gasteiger partial charge < -0.3 is 9.47 Å². The lowest BCUT2D eigenvalue weighted by Crippen LogP contribution is -1.95. The maximum atomic E-state index is 11.1. The number of methoxy groups -OCH3 is 2. The van der Waals surface area contributed by atoms with Gasteiger partial charge in [-0.1, -0.05) is 18.2 Å². The zero-order valence-electron chi connectivity index (χ0n) is 13.0. The zero-order valence-corrected chi connectivity index (χ0v) is 13.0. The van der Waals surface area contributed by atoms with Crippen molar-refractivity contribution >= 4 is 23.5 Å². The third kappa shape index (κ3) is 3.49. The van der Waals surface area contributed by atoms with E-state index in [0.29, 0.717) is 17.1 Å². The maximum Gasteiger partial charge on any atom is 0.283 e. The molecule has 0 bridgehead atoms.